The SMILES string of the molecule is CSc1ccc(C=Cc2nc(C)cc(Cl)n2)cc1. The third-order valence-electron chi connectivity index (χ3n) is 2.38. The van der Waals surface area contributed by atoms with Crippen molar-refractivity contribution < 1.29 is 0 Å². The van der Waals surface area contributed by atoms with Crippen molar-refractivity contribution in [1.29, 1.82) is 0 Å². The molecule has 0 amide bonds. The molecule has 0 unspecified atom stereocenters. The van der Waals surface area contributed by atoms with Crippen molar-refractivity contribution in [2.24, 2.45) is 0 Å². The maximum Gasteiger partial charge on any atom is 0.153 e. The van der Waals surface area contributed by atoms with Gasteiger partial charge < -0.3 is 0 Å². The number of thioether (sulfide) groups is 1. The summed E-state index contributed by atoms with van der Waals surface area (Å²) in [5.74, 6) is 0.633. The van der Waals surface area contributed by atoms with Crippen molar-refractivity contribution in [3.8, 4) is 0 Å². The maximum atomic E-state index is 5.88. The molecule has 0 atom stereocenters. The van der Waals surface area contributed by atoms with Crippen LogP contribution in [0.1, 0.15) is 17.1 Å². The number of aromatic nitrogens is 2. The molecule has 0 aliphatic heterocycles. The van der Waals surface area contributed by atoms with E-state index < -0.39 is 0 Å². The molecule has 1 aromatic heterocycles. The van der Waals surface area contributed by atoms with Gasteiger partial charge in [0.1, 0.15) is 5.15 Å². The smallest absolute Gasteiger partial charge is 0.153 e. The molecule has 0 aliphatic rings. The van der Waals surface area contributed by atoms with Gasteiger partial charge in [-0.3, -0.25) is 0 Å². The molecule has 2 rings (SSSR count). The van der Waals surface area contributed by atoms with E-state index in [1.54, 1.807) is 17.8 Å². The molecule has 0 fully saturated rings. The fourth-order valence-electron chi connectivity index (χ4n) is 1.51. The largest absolute Gasteiger partial charge is 0.234 e. The van der Waals surface area contributed by atoms with Crippen LogP contribution in [0.25, 0.3) is 12.2 Å². The zero-order valence-corrected chi connectivity index (χ0v) is 11.8. The predicted octanol–water partition coefficient (Wildman–Crippen LogP) is 4.33. The zero-order chi connectivity index (χ0) is 13.0. The zero-order valence-electron chi connectivity index (χ0n) is 10.2. The number of nitrogens with zero attached hydrogens (tertiary/aromatic N) is 2. The molecule has 92 valence electrons. The minimum atomic E-state index is 0.472. The third-order valence-corrected chi connectivity index (χ3v) is 3.32. The van der Waals surface area contributed by atoms with Gasteiger partial charge >= 0.3 is 0 Å². The molecule has 0 saturated carbocycles. The molecule has 4 heteroatoms. The van der Waals surface area contributed by atoms with Gasteiger partial charge in [0, 0.05) is 10.6 Å². The fraction of sp³-hybridized carbons (Fsp3) is 0.143. The summed E-state index contributed by atoms with van der Waals surface area (Å²) in [5.41, 5.74) is 1.99. The van der Waals surface area contributed by atoms with Gasteiger partial charge in [-0.05, 0) is 43.0 Å². The van der Waals surface area contributed by atoms with Crippen LogP contribution in [0.2, 0.25) is 5.15 Å². The first kappa shape index (κ1) is 13.1. The second kappa shape index (κ2) is 6.03. The number of hydrogen-bond donors (Lipinski definition) is 0. The van der Waals surface area contributed by atoms with Crippen molar-refractivity contribution in [3.05, 3.63) is 52.6 Å². The fourth-order valence-corrected chi connectivity index (χ4v) is 2.17. The van der Waals surface area contributed by atoms with Crippen LogP contribution in [-0.2, 0) is 0 Å². The Bertz CT molecular complexity index is 544. The lowest BCUT2D eigenvalue weighted by Crippen LogP contribution is -1.90. The van der Waals surface area contributed by atoms with Gasteiger partial charge in [0.05, 0.1) is 0 Å². The molecule has 0 saturated heterocycles. The van der Waals surface area contributed by atoms with Gasteiger partial charge in [-0.2, -0.15) is 0 Å². The number of aryl methyl sites for hydroxylation is 1. The van der Waals surface area contributed by atoms with Crippen LogP contribution in [0, 0.1) is 6.92 Å². The summed E-state index contributed by atoms with van der Waals surface area (Å²) < 4.78 is 0. The molecular formula is C14H13ClN2S. The highest BCUT2D eigenvalue weighted by Gasteiger charge is 1.96. The van der Waals surface area contributed by atoms with Crippen molar-refractivity contribution in [2.45, 2.75) is 11.8 Å². The summed E-state index contributed by atoms with van der Waals surface area (Å²) in [6.07, 6.45) is 5.91. The molecule has 2 aromatic rings. The molecule has 2 nitrogen and oxygen atoms in total. The highest BCUT2D eigenvalue weighted by atomic mass is 35.5. The second-order valence-corrected chi connectivity index (χ2v) is 5.06. The van der Waals surface area contributed by atoms with Crippen LogP contribution in [0.15, 0.2) is 35.2 Å². The highest BCUT2D eigenvalue weighted by Crippen LogP contribution is 2.16. The maximum absolute atomic E-state index is 5.88. The number of rotatable bonds is 3. The van der Waals surface area contributed by atoms with Crippen molar-refractivity contribution in [2.75, 3.05) is 6.26 Å². The highest BCUT2D eigenvalue weighted by molar-refractivity contribution is 7.98. The average molecular weight is 277 g/mol. The first-order valence-electron chi connectivity index (χ1n) is 5.51. The van der Waals surface area contributed by atoms with E-state index in [-0.39, 0.29) is 0 Å². The Morgan fingerprint density at radius 1 is 1.11 bits per heavy atom. The van der Waals surface area contributed by atoms with Gasteiger partial charge in [-0.15, -0.1) is 11.8 Å². The van der Waals surface area contributed by atoms with Crippen LogP contribution in [-0.4, -0.2) is 16.2 Å². The van der Waals surface area contributed by atoms with Gasteiger partial charge in [-0.25, -0.2) is 9.97 Å². The summed E-state index contributed by atoms with van der Waals surface area (Å²) in [5, 5.41) is 0.472. The minimum absolute atomic E-state index is 0.472. The van der Waals surface area contributed by atoms with E-state index in [0.717, 1.165) is 11.3 Å². The number of benzene rings is 1. The quantitative estimate of drug-likeness (QED) is 0.616. The van der Waals surface area contributed by atoms with Gasteiger partial charge in [0.25, 0.3) is 0 Å². The van der Waals surface area contributed by atoms with Crippen LogP contribution in [0.3, 0.4) is 0 Å². The van der Waals surface area contributed by atoms with Gasteiger partial charge in [0.15, 0.2) is 5.82 Å². The predicted molar refractivity (Wildman–Crippen MR) is 78.9 cm³/mol. The molecule has 1 heterocycles. The molecule has 18 heavy (non-hydrogen) atoms. The van der Waals surface area contributed by atoms with Gasteiger partial charge in [-0.1, -0.05) is 29.8 Å². The minimum Gasteiger partial charge on any atom is -0.234 e. The Balaban J connectivity index is 2.18. The Labute approximate surface area is 116 Å². The van der Waals surface area contributed by atoms with Crippen LogP contribution in [0.4, 0.5) is 0 Å². The Kier molecular flexibility index (Phi) is 4.39. The van der Waals surface area contributed by atoms with E-state index >= 15 is 0 Å². The summed E-state index contributed by atoms with van der Waals surface area (Å²) >= 11 is 7.61. The molecule has 1 aromatic carbocycles. The second-order valence-electron chi connectivity index (χ2n) is 3.80. The van der Waals surface area contributed by atoms with Crippen molar-refractivity contribution in [3.63, 3.8) is 0 Å². The first-order chi connectivity index (χ1) is 8.67. The molecule has 0 aliphatic carbocycles. The van der Waals surface area contributed by atoms with E-state index in [4.69, 9.17) is 11.6 Å². The molecule has 0 spiro atoms. The lowest BCUT2D eigenvalue weighted by molar-refractivity contribution is 1.08. The molecule has 0 N–H and O–H groups in total. The van der Waals surface area contributed by atoms with E-state index in [0.29, 0.717) is 11.0 Å². The lowest BCUT2D eigenvalue weighted by Gasteiger charge is -1.98. The monoisotopic (exact) mass is 276 g/mol. The number of hydrogen-bond acceptors (Lipinski definition) is 3. The third kappa shape index (κ3) is 3.59. The average Bonchev–Trinajstić information content (AvgIpc) is 2.36. The normalized spacial score (nSPS) is 11.1. The standard InChI is InChI=1S/C14H13ClN2S/c1-10-9-13(15)17-14(16-10)8-5-11-3-6-12(18-2)7-4-11/h3-9H,1-2H3. The summed E-state index contributed by atoms with van der Waals surface area (Å²) in [4.78, 5) is 9.69. The molecular weight excluding hydrogens is 264 g/mol. The van der Waals surface area contributed by atoms with Crippen LogP contribution >= 0.6 is 23.4 Å². The van der Waals surface area contributed by atoms with Gasteiger partial charge in [0.2, 0.25) is 0 Å². The van der Waals surface area contributed by atoms with E-state index in [2.05, 4.69) is 40.5 Å². The lowest BCUT2D eigenvalue weighted by atomic mass is 10.2. The molecule has 0 bridgehead atoms. The topological polar surface area (TPSA) is 25.8 Å². The summed E-state index contributed by atoms with van der Waals surface area (Å²) in [7, 11) is 0. The van der Waals surface area contributed by atoms with Crippen molar-refractivity contribution in [1.82, 2.24) is 9.97 Å². The Hall–Kier alpha value is -1.32. The van der Waals surface area contributed by atoms with E-state index in [9.17, 15) is 0 Å². The van der Waals surface area contributed by atoms with Crippen LogP contribution in [0.5, 0.6) is 0 Å². The van der Waals surface area contributed by atoms with Crippen LogP contribution < -0.4 is 0 Å². The Morgan fingerprint density at radius 2 is 1.83 bits per heavy atom. The summed E-state index contributed by atoms with van der Waals surface area (Å²) in [6.45, 7) is 1.90. The Morgan fingerprint density at radius 3 is 2.44 bits per heavy atom. The molecule has 0 radical (unpaired) electrons. The van der Waals surface area contributed by atoms with Crippen molar-refractivity contribution >= 4 is 35.5 Å². The first-order valence-corrected chi connectivity index (χ1v) is 7.11. The van der Waals surface area contributed by atoms with E-state index in [1.165, 1.54) is 4.90 Å². The van der Waals surface area contributed by atoms with E-state index in [1.807, 2.05) is 19.1 Å². The summed E-state index contributed by atoms with van der Waals surface area (Å²) in [6, 6.07) is 10.1. The number of halogens is 1.